The quantitative estimate of drug-likeness (QED) is 0.0219. The van der Waals surface area contributed by atoms with Crippen molar-refractivity contribution in [2.75, 3.05) is 47.5 Å². The van der Waals surface area contributed by atoms with Gasteiger partial charge in [0.15, 0.2) is 6.10 Å². The van der Waals surface area contributed by atoms with Crippen molar-refractivity contribution in [3.63, 3.8) is 0 Å². The van der Waals surface area contributed by atoms with E-state index in [0.717, 1.165) is 70.6 Å². The molecule has 52 heavy (non-hydrogen) atoms. The van der Waals surface area contributed by atoms with E-state index in [4.69, 9.17) is 18.5 Å². The molecule has 2 unspecified atom stereocenters. The van der Waals surface area contributed by atoms with Gasteiger partial charge >= 0.3 is 19.8 Å². The van der Waals surface area contributed by atoms with Crippen LogP contribution in [0.1, 0.15) is 168 Å². The fraction of sp³-hybridized carbons (Fsp3) is 0.810. The summed E-state index contributed by atoms with van der Waals surface area (Å²) in [5.74, 6) is -0.817. The number of phosphoric ester groups is 1. The highest BCUT2D eigenvalue weighted by Crippen LogP contribution is 2.43. The van der Waals surface area contributed by atoms with Crippen LogP contribution in [0.3, 0.4) is 0 Å². The Balaban J connectivity index is 4.42. The maximum Gasteiger partial charge on any atom is 0.472 e. The Labute approximate surface area is 319 Å². The van der Waals surface area contributed by atoms with E-state index in [1.165, 1.54) is 64.2 Å². The average Bonchev–Trinajstić information content (AvgIpc) is 3.09. The summed E-state index contributed by atoms with van der Waals surface area (Å²) in [7, 11) is 1.46. The van der Waals surface area contributed by atoms with Crippen molar-refractivity contribution in [3.8, 4) is 0 Å². The number of phosphoric acid groups is 1. The second-order valence-electron chi connectivity index (χ2n) is 15.0. The van der Waals surface area contributed by atoms with Crippen LogP contribution in [0, 0.1) is 0 Å². The minimum atomic E-state index is -4.37. The van der Waals surface area contributed by atoms with E-state index in [0.29, 0.717) is 17.4 Å². The van der Waals surface area contributed by atoms with Crippen LogP contribution in [0.4, 0.5) is 0 Å². The Bertz CT molecular complexity index is 991. The number of carbonyl (C=O) groups is 2. The molecule has 0 saturated carbocycles. The average molecular weight is 757 g/mol. The standard InChI is InChI=1S/C42H78NO8P/c1-6-8-10-12-14-16-18-20-21-23-25-27-29-31-33-35-42(45)51-40(39-50-52(46,47)49-37-36-43(3,4)5)38-48-41(44)34-32-30-28-26-24-22-19-17-15-13-11-9-7-2/h8,10,14,16,20-21,40H,6-7,9,11-13,15,17-19,22-39H2,1-5H3/p+1/b10-8-,16-14-,21-20-. The summed E-state index contributed by atoms with van der Waals surface area (Å²) in [5, 5.41) is 0. The van der Waals surface area contributed by atoms with Crippen LogP contribution in [0.2, 0.25) is 0 Å². The first-order valence-corrected chi connectivity index (χ1v) is 22.2. The van der Waals surface area contributed by atoms with Crippen LogP contribution in [0.15, 0.2) is 36.5 Å². The molecule has 10 heteroatoms. The summed E-state index contributed by atoms with van der Waals surface area (Å²) in [4.78, 5) is 35.3. The molecule has 0 aliphatic heterocycles. The second-order valence-corrected chi connectivity index (χ2v) is 16.5. The zero-order valence-corrected chi connectivity index (χ0v) is 34.9. The molecular weight excluding hydrogens is 677 g/mol. The highest BCUT2D eigenvalue weighted by atomic mass is 31.2. The third-order valence-corrected chi connectivity index (χ3v) is 9.67. The fourth-order valence-electron chi connectivity index (χ4n) is 5.44. The van der Waals surface area contributed by atoms with Gasteiger partial charge in [0.2, 0.25) is 0 Å². The topological polar surface area (TPSA) is 108 Å². The van der Waals surface area contributed by atoms with Crippen molar-refractivity contribution in [2.45, 2.75) is 174 Å². The number of quaternary nitrogens is 1. The van der Waals surface area contributed by atoms with Crippen LogP contribution in [0.5, 0.6) is 0 Å². The number of allylic oxidation sites excluding steroid dienone is 6. The number of rotatable bonds is 37. The van der Waals surface area contributed by atoms with Gasteiger partial charge in [0.05, 0.1) is 27.7 Å². The zero-order valence-electron chi connectivity index (χ0n) is 34.0. The number of esters is 2. The number of hydrogen-bond acceptors (Lipinski definition) is 7. The molecule has 0 heterocycles. The lowest BCUT2D eigenvalue weighted by Crippen LogP contribution is -2.37. The summed E-state index contributed by atoms with van der Waals surface area (Å²) in [6, 6.07) is 0. The van der Waals surface area contributed by atoms with Crippen LogP contribution < -0.4 is 0 Å². The molecule has 0 saturated heterocycles. The lowest BCUT2D eigenvalue weighted by molar-refractivity contribution is -0.870. The number of likely N-dealkylation sites (N-methyl/N-ethyl adjacent to an activating group) is 1. The molecule has 0 rings (SSSR count). The first-order chi connectivity index (χ1) is 25.0. The van der Waals surface area contributed by atoms with Crippen LogP contribution in [-0.2, 0) is 32.7 Å². The molecule has 0 fully saturated rings. The number of unbranched alkanes of at least 4 members (excludes halogenated alkanes) is 17. The Hall–Kier alpha value is -1.77. The summed E-state index contributed by atoms with van der Waals surface area (Å²) in [6.45, 7) is 4.28. The van der Waals surface area contributed by atoms with Crippen molar-refractivity contribution >= 4 is 19.8 Å². The molecule has 0 aliphatic carbocycles. The minimum absolute atomic E-state index is 0.0284. The monoisotopic (exact) mass is 757 g/mol. The maximum atomic E-state index is 12.6. The molecule has 2 atom stereocenters. The SMILES string of the molecule is CC/C=C\C/C=C\C/C=C\CCCCCCCC(=O)OC(COC(=O)CCCCCCCCCCCCCCC)COP(=O)(O)OCC[N+](C)(C)C. The molecule has 0 aliphatic rings. The summed E-state index contributed by atoms with van der Waals surface area (Å²) in [5.41, 5.74) is 0. The van der Waals surface area contributed by atoms with Crippen molar-refractivity contribution in [1.82, 2.24) is 0 Å². The van der Waals surface area contributed by atoms with Gasteiger partial charge in [0.1, 0.15) is 19.8 Å². The van der Waals surface area contributed by atoms with Crippen LogP contribution in [-0.4, -0.2) is 74.9 Å². The largest absolute Gasteiger partial charge is 0.472 e. The molecule has 304 valence electrons. The van der Waals surface area contributed by atoms with E-state index in [2.05, 4.69) is 50.3 Å². The summed E-state index contributed by atoms with van der Waals surface area (Å²) in [6.07, 6.45) is 37.6. The van der Waals surface area contributed by atoms with Gasteiger partial charge in [-0.2, -0.15) is 0 Å². The van der Waals surface area contributed by atoms with E-state index in [-0.39, 0.29) is 32.0 Å². The number of ether oxygens (including phenoxy) is 2. The molecule has 0 aromatic heterocycles. The third-order valence-electron chi connectivity index (χ3n) is 8.68. The van der Waals surface area contributed by atoms with Crippen LogP contribution >= 0.6 is 7.82 Å². The van der Waals surface area contributed by atoms with Crippen molar-refractivity contribution < 1.29 is 42.1 Å². The van der Waals surface area contributed by atoms with Crippen molar-refractivity contribution in [3.05, 3.63) is 36.5 Å². The summed E-state index contributed by atoms with van der Waals surface area (Å²) < 4.78 is 34.2. The third kappa shape index (κ3) is 38.0. The number of hydrogen-bond donors (Lipinski definition) is 1. The Kier molecular flexibility index (Phi) is 33.8. The van der Waals surface area contributed by atoms with Gasteiger partial charge in [-0.15, -0.1) is 0 Å². The second kappa shape index (κ2) is 35.0. The zero-order chi connectivity index (χ0) is 38.6. The van der Waals surface area contributed by atoms with Crippen molar-refractivity contribution in [1.29, 1.82) is 0 Å². The Morgan fingerprint density at radius 1 is 0.615 bits per heavy atom. The molecule has 0 bridgehead atoms. The van der Waals surface area contributed by atoms with Gasteiger partial charge in [-0.1, -0.05) is 147 Å². The van der Waals surface area contributed by atoms with E-state index in [9.17, 15) is 19.0 Å². The van der Waals surface area contributed by atoms with Crippen molar-refractivity contribution in [2.24, 2.45) is 0 Å². The minimum Gasteiger partial charge on any atom is -0.462 e. The molecule has 1 N–H and O–H groups in total. The van der Waals surface area contributed by atoms with E-state index in [1.54, 1.807) is 0 Å². The maximum absolute atomic E-state index is 12.6. The predicted octanol–water partition coefficient (Wildman–Crippen LogP) is 11.4. The molecule has 0 spiro atoms. The van der Waals surface area contributed by atoms with Gasteiger partial charge in [0.25, 0.3) is 0 Å². The summed E-state index contributed by atoms with van der Waals surface area (Å²) >= 11 is 0. The molecule has 0 aromatic rings. The van der Waals surface area contributed by atoms with Gasteiger partial charge in [-0.05, 0) is 44.9 Å². The number of nitrogens with zero attached hydrogens (tertiary/aromatic N) is 1. The van der Waals surface area contributed by atoms with E-state index < -0.39 is 26.5 Å². The van der Waals surface area contributed by atoms with Gasteiger partial charge in [-0.25, -0.2) is 4.57 Å². The molecule has 0 radical (unpaired) electrons. The highest BCUT2D eigenvalue weighted by Gasteiger charge is 2.27. The Morgan fingerprint density at radius 2 is 1.10 bits per heavy atom. The highest BCUT2D eigenvalue weighted by molar-refractivity contribution is 7.47. The van der Waals surface area contributed by atoms with Gasteiger partial charge < -0.3 is 18.9 Å². The molecular formula is C42H79NO8P+. The molecule has 9 nitrogen and oxygen atoms in total. The number of carbonyl (C=O) groups excluding carboxylic acids is 2. The first-order valence-electron chi connectivity index (χ1n) is 20.7. The normalized spacial score (nSPS) is 14.0. The lowest BCUT2D eigenvalue weighted by Gasteiger charge is -2.24. The predicted molar refractivity (Wildman–Crippen MR) is 215 cm³/mol. The lowest BCUT2D eigenvalue weighted by atomic mass is 10.0. The van der Waals surface area contributed by atoms with E-state index in [1.807, 2.05) is 21.1 Å². The van der Waals surface area contributed by atoms with Gasteiger partial charge in [0, 0.05) is 12.8 Å². The molecule has 0 aromatic carbocycles. The Morgan fingerprint density at radius 3 is 1.63 bits per heavy atom. The fourth-order valence-corrected chi connectivity index (χ4v) is 6.18. The van der Waals surface area contributed by atoms with Gasteiger partial charge in [-0.3, -0.25) is 18.6 Å². The molecule has 0 amide bonds. The van der Waals surface area contributed by atoms with E-state index >= 15 is 0 Å². The van der Waals surface area contributed by atoms with Crippen LogP contribution in [0.25, 0.3) is 0 Å². The smallest absolute Gasteiger partial charge is 0.462 e. The first kappa shape index (κ1) is 50.2.